The van der Waals surface area contributed by atoms with Gasteiger partial charge in [-0.25, -0.2) is 4.79 Å². The first kappa shape index (κ1) is 34.7. The molecule has 0 aromatic heterocycles. The number of aliphatic carboxylic acids is 1. The normalized spacial score (nSPS) is 13.1. The lowest BCUT2D eigenvalue weighted by Crippen LogP contribution is -2.30. The summed E-state index contributed by atoms with van der Waals surface area (Å²) in [5.74, 6) is -2.01. The minimum absolute atomic E-state index is 0.117. The molecule has 1 aliphatic rings. The summed E-state index contributed by atoms with van der Waals surface area (Å²) in [4.78, 5) is 41.1. The fourth-order valence-corrected chi connectivity index (χ4v) is 3.16. The predicted molar refractivity (Wildman–Crippen MR) is 150 cm³/mol. The summed E-state index contributed by atoms with van der Waals surface area (Å²) < 4.78 is 0. The molecule has 9 N–H and O–H groups in total. The fourth-order valence-electron chi connectivity index (χ4n) is 3.04. The zero-order valence-corrected chi connectivity index (χ0v) is 22.4. The van der Waals surface area contributed by atoms with E-state index in [1.165, 1.54) is 51.2 Å². The van der Waals surface area contributed by atoms with Crippen molar-refractivity contribution in [3.8, 4) is 0 Å². The summed E-state index contributed by atoms with van der Waals surface area (Å²) in [5, 5.41) is 19.8. The second-order valence-electron chi connectivity index (χ2n) is 8.51. The van der Waals surface area contributed by atoms with Crippen LogP contribution in [-0.2, 0) is 9.59 Å². The molecule has 0 radical (unpaired) electrons. The molecule has 1 atom stereocenters. The number of carboxylic acid groups (broad SMARTS) is 2. The van der Waals surface area contributed by atoms with Crippen molar-refractivity contribution in [1.82, 2.24) is 0 Å². The van der Waals surface area contributed by atoms with Gasteiger partial charge in [0.05, 0.1) is 5.56 Å². The van der Waals surface area contributed by atoms with E-state index in [0.29, 0.717) is 41.7 Å². The van der Waals surface area contributed by atoms with E-state index in [-0.39, 0.29) is 11.5 Å². The molecule has 10 nitrogen and oxygen atoms in total. The van der Waals surface area contributed by atoms with Gasteiger partial charge < -0.3 is 32.7 Å². The number of anilines is 1. The molecule has 1 saturated carbocycles. The number of amides is 1. The molecule has 0 spiro atoms. The highest BCUT2D eigenvalue weighted by Crippen LogP contribution is 2.14. The van der Waals surface area contributed by atoms with Gasteiger partial charge in [-0.1, -0.05) is 30.9 Å². The number of nitrogens with two attached hydrogens (primary N) is 3. The van der Waals surface area contributed by atoms with Gasteiger partial charge in [0.25, 0.3) is 0 Å². The zero-order chi connectivity index (χ0) is 28.9. The Bertz CT molecular complexity index is 965. The third-order valence-corrected chi connectivity index (χ3v) is 5.40. The number of carbonyl (C=O) groups excluding carboxylic acids is 2. The third-order valence-electron chi connectivity index (χ3n) is 5.14. The van der Waals surface area contributed by atoms with Gasteiger partial charge in [-0.3, -0.25) is 14.4 Å². The number of aldehydes is 1. The van der Waals surface area contributed by atoms with Crippen LogP contribution in [-0.4, -0.2) is 53.0 Å². The maximum absolute atomic E-state index is 10.6. The predicted octanol–water partition coefficient (Wildman–Crippen LogP) is 3.91. The lowest BCUT2D eigenvalue weighted by molar-refractivity contribution is -0.138. The molecule has 2 aromatic rings. The summed E-state index contributed by atoms with van der Waals surface area (Å²) in [6.07, 6.45) is 8.56. The molecule has 3 rings (SSSR count). The highest BCUT2D eigenvalue weighted by atomic mass is 35.5. The number of carbonyl (C=O) groups is 4. The molecule has 0 saturated heterocycles. The highest BCUT2D eigenvalue weighted by Gasteiger charge is 2.09. The Kier molecular flexibility index (Phi) is 18.9. The summed E-state index contributed by atoms with van der Waals surface area (Å²) in [6.45, 7) is 1.94. The van der Waals surface area contributed by atoms with Crippen LogP contribution < -0.4 is 22.5 Å². The topological polar surface area (TPSA) is 199 Å². The Labute approximate surface area is 228 Å². The Balaban J connectivity index is 0.000000489. The van der Waals surface area contributed by atoms with E-state index >= 15 is 0 Å². The molecule has 0 aliphatic heterocycles. The Morgan fingerprint density at radius 1 is 1.03 bits per heavy atom. The molecule has 1 aliphatic carbocycles. The second-order valence-corrected chi connectivity index (χ2v) is 8.94. The van der Waals surface area contributed by atoms with Gasteiger partial charge in [0.2, 0.25) is 5.91 Å². The number of halogens is 1. The lowest BCUT2D eigenvalue weighted by Gasteiger charge is -2.15. The van der Waals surface area contributed by atoms with Crippen LogP contribution in [0.15, 0.2) is 48.5 Å². The first-order chi connectivity index (χ1) is 18.0. The van der Waals surface area contributed by atoms with Crippen molar-refractivity contribution < 1.29 is 29.4 Å². The number of nitrogens with one attached hydrogen (secondary N) is 1. The molecule has 210 valence electrons. The van der Waals surface area contributed by atoms with Gasteiger partial charge in [0.1, 0.15) is 12.3 Å². The molecular formula is C27H39ClN4O6. The minimum Gasteiger partial charge on any atom is -0.480 e. The number of hydrogen-bond acceptors (Lipinski definition) is 7. The van der Waals surface area contributed by atoms with E-state index in [0.717, 1.165) is 6.29 Å². The molecule has 38 heavy (non-hydrogen) atoms. The van der Waals surface area contributed by atoms with Crippen molar-refractivity contribution >= 4 is 41.4 Å². The summed E-state index contributed by atoms with van der Waals surface area (Å²) in [5.41, 5.74) is 17.5. The SMILES string of the molecule is CC(=O)Nc1ccc(C=O)cc1.NC1CCCCC1.NCCC[C@H](N)C(=O)O.O=C(O)c1ccc(Cl)cc1. The van der Waals surface area contributed by atoms with Crippen molar-refractivity contribution in [3.05, 3.63) is 64.7 Å². The minimum atomic E-state index is -0.955. The summed E-state index contributed by atoms with van der Waals surface area (Å²) in [7, 11) is 0. The molecule has 1 fully saturated rings. The van der Waals surface area contributed by atoms with Gasteiger partial charge in [-0.2, -0.15) is 0 Å². The quantitative estimate of drug-likeness (QED) is 0.276. The van der Waals surface area contributed by atoms with Crippen LogP contribution in [0.3, 0.4) is 0 Å². The first-order valence-corrected chi connectivity index (χ1v) is 12.6. The standard InChI is InChI=1S/C9H9NO2.C7H5ClO2.C6H13N.C5H12N2O2/c1-7(12)10-9-4-2-8(6-11)3-5-9;8-6-3-1-5(2-4-6)7(9)10;7-6-4-2-1-3-5-6;6-3-1-2-4(7)5(8)9/h2-6H,1H3,(H,10,12);1-4H,(H,9,10);6H,1-5,7H2;4H,1-3,6-7H2,(H,8,9)/t;;;4-/m...0/s1. The lowest BCUT2D eigenvalue weighted by atomic mass is 9.97. The second kappa shape index (κ2) is 20.7. The molecule has 0 heterocycles. The van der Waals surface area contributed by atoms with E-state index in [1.54, 1.807) is 36.4 Å². The molecule has 1 amide bonds. The van der Waals surface area contributed by atoms with Crippen LogP contribution in [0.4, 0.5) is 5.69 Å². The van der Waals surface area contributed by atoms with Gasteiger partial charge >= 0.3 is 11.9 Å². The first-order valence-electron chi connectivity index (χ1n) is 12.3. The van der Waals surface area contributed by atoms with Crippen LogP contribution in [0, 0.1) is 0 Å². The maximum Gasteiger partial charge on any atom is 0.335 e. The van der Waals surface area contributed by atoms with Gasteiger partial charge in [0, 0.05) is 29.2 Å². The van der Waals surface area contributed by atoms with Gasteiger partial charge in [-0.05, 0) is 80.8 Å². The number of rotatable bonds is 7. The molecule has 11 heteroatoms. The highest BCUT2D eigenvalue weighted by molar-refractivity contribution is 6.30. The maximum atomic E-state index is 10.6. The van der Waals surface area contributed by atoms with E-state index in [1.807, 2.05) is 0 Å². The van der Waals surface area contributed by atoms with Gasteiger partial charge in [0.15, 0.2) is 0 Å². The van der Waals surface area contributed by atoms with Crippen molar-refractivity contribution in [1.29, 1.82) is 0 Å². The largest absolute Gasteiger partial charge is 0.480 e. The monoisotopic (exact) mass is 550 g/mol. The average molecular weight is 551 g/mol. The van der Waals surface area contributed by atoms with E-state index in [4.69, 9.17) is 39.0 Å². The number of carboxylic acids is 2. The smallest absolute Gasteiger partial charge is 0.335 e. The van der Waals surface area contributed by atoms with Crippen LogP contribution >= 0.6 is 11.6 Å². The Hall–Kier alpha value is -3.31. The van der Waals surface area contributed by atoms with E-state index in [2.05, 4.69) is 5.32 Å². The number of aromatic carboxylic acids is 1. The number of benzene rings is 2. The van der Waals surface area contributed by atoms with Crippen LogP contribution in [0.2, 0.25) is 5.02 Å². The summed E-state index contributed by atoms with van der Waals surface area (Å²) in [6, 6.07) is 12.5. The number of hydrogen-bond donors (Lipinski definition) is 6. The molecule has 2 aromatic carbocycles. The average Bonchev–Trinajstić information content (AvgIpc) is 2.89. The van der Waals surface area contributed by atoms with Crippen molar-refractivity contribution in [2.24, 2.45) is 17.2 Å². The Morgan fingerprint density at radius 3 is 1.95 bits per heavy atom. The molecule has 0 unspecified atom stereocenters. The molecule has 0 bridgehead atoms. The fraction of sp³-hybridized carbons (Fsp3) is 0.407. The van der Waals surface area contributed by atoms with Crippen molar-refractivity contribution in [3.63, 3.8) is 0 Å². The van der Waals surface area contributed by atoms with Crippen LogP contribution in [0.1, 0.15) is 72.6 Å². The van der Waals surface area contributed by atoms with Crippen molar-refractivity contribution in [2.45, 2.75) is 64.0 Å². The van der Waals surface area contributed by atoms with Crippen LogP contribution in [0.5, 0.6) is 0 Å². The summed E-state index contributed by atoms with van der Waals surface area (Å²) >= 11 is 5.52. The van der Waals surface area contributed by atoms with Gasteiger partial charge in [-0.15, -0.1) is 0 Å². The van der Waals surface area contributed by atoms with Crippen molar-refractivity contribution in [2.75, 3.05) is 11.9 Å². The van der Waals surface area contributed by atoms with E-state index < -0.39 is 18.0 Å². The third kappa shape index (κ3) is 18.0. The zero-order valence-electron chi connectivity index (χ0n) is 21.6. The van der Waals surface area contributed by atoms with Crippen LogP contribution in [0.25, 0.3) is 0 Å². The van der Waals surface area contributed by atoms with E-state index in [9.17, 15) is 19.2 Å². The molecular weight excluding hydrogens is 512 g/mol. The Morgan fingerprint density at radius 2 is 1.58 bits per heavy atom.